The summed E-state index contributed by atoms with van der Waals surface area (Å²) in [7, 11) is 0. The highest BCUT2D eigenvalue weighted by Gasteiger charge is 2.74. The van der Waals surface area contributed by atoms with Crippen molar-refractivity contribution in [2.24, 2.45) is 11.3 Å². The summed E-state index contributed by atoms with van der Waals surface area (Å²) in [6.07, 6.45) is -13.7. The highest BCUT2D eigenvalue weighted by molar-refractivity contribution is 5.76. The van der Waals surface area contributed by atoms with E-state index in [2.05, 4.69) is 0 Å². The number of halogens is 6. The second-order valence-electron chi connectivity index (χ2n) is 6.54. The number of hydrogen-bond acceptors (Lipinski definition) is 3. The minimum atomic E-state index is -5.85. The van der Waals surface area contributed by atoms with Crippen LogP contribution in [0.4, 0.5) is 26.3 Å². The lowest BCUT2D eigenvalue weighted by Gasteiger charge is -2.37. The van der Waals surface area contributed by atoms with Crippen LogP contribution in [0.1, 0.15) is 46.5 Å². The number of carbonyl (C=O) groups is 1. The maximum atomic E-state index is 12.8. The van der Waals surface area contributed by atoms with E-state index in [4.69, 9.17) is 4.74 Å². The second-order valence-corrected chi connectivity index (χ2v) is 6.54. The maximum Gasteiger partial charge on any atom is 0.426 e. The number of esters is 1. The van der Waals surface area contributed by atoms with Gasteiger partial charge in [-0.05, 0) is 39.5 Å². The Hall–Kier alpha value is -0.990. The highest BCUT2D eigenvalue weighted by atomic mass is 19.4. The molecule has 0 aromatic heterocycles. The van der Waals surface area contributed by atoms with Gasteiger partial charge in [0.1, 0.15) is 6.10 Å². The molecule has 0 aromatic rings. The van der Waals surface area contributed by atoms with Gasteiger partial charge in [-0.15, -0.1) is 0 Å². The minimum Gasteiger partial charge on any atom is -0.462 e. The zero-order valence-electron chi connectivity index (χ0n) is 13.0. The van der Waals surface area contributed by atoms with Gasteiger partial charge in [-0.3, -0.25) is 4.79 Å². The third-order valence-corrected chi connectivity index (χ3v) is 4.55. The summed E-state index contributed by atoms with van der Waals surface area (Å²) >= 11 is 0. The van der Waals surface area contributed by atoms with Gasteiger partial charge >= 0.3 is 18.3 Å². The molecule has 1 fully saturated rings. The van der Waals surface area contributed by atoms with Gasteiger partial charge in [0.05, 0.1) is 5.41 Å². The van der Waals surface area contributed by atoms with Crippen molar-refractivity contribution in [2.75, 3.05) is 0 Å². The van der Waals surface area contributed by atoms with Crippen LogP contribution in [0.5, 0.6) is 0 Å². The van der Waals surface area contributed by atoms with E-state index in [0.717, 1.165) is 0 Å². The lowest BCUT2D eigenvalue weighted by molar-refractivity contribution is -0.384. The largest absolute Gasteiger partial charge is 0.462 e. The molecule has 9 heteroatoms. The van der Waals surface area contributed by atoms with Crippen LogP contribution in [-0.2, 0) is 9.53 Å². The van der Waals surface area contributed by atoms with E-state index in [0.29, 0.717) is 6.42 Å². The van der Waals surface area contributed by atoms with Gasteiger partial charge in [0, 0.05) is 5.92 Å². The molecule has 3 nitrogen and oxygen atoms in total. The van der Waals surface area contributed by atoms with Gasteiger partial charge in [-0.2, -0.15) is 26.3 Å². The van der Waals surface area contributed by atoms with Gasteiger partial charge < -0.3 is 9.84 Å². The standard InChI is InChI=1S/C14H20F6O3/c1-4-11(2,3)10(21)23-9-6-5-8(7-9)12(22,13(15,16)17)14(18,19)20/h8-9,22H,4-7H2,1-3H3. The highest BCUT2D eigenvalue weighted by Crippen LogP contribution is 2.52. The molecule has 0 aromatic carbocycles. The Morgan fingerprint density at radius 2 is 1.57 bits per heavy atom. The molecule has 1 aliphatic carbocycles. The molecule has 1 N–H and O–H groups in total. The Morgan fingerprint density at radius 1 is 1.09 bits per heavy atom. The Bertz CT molecular complexity index is 427. The van der Waals surface area contributed by atoms with Gasteiger partial charge in [-0.1, -0.05) is 6.92 Å². The quantitative estimate of drug-likeness (QED) is 0.616. The minimum absolute atomic E-state index is 0.148. The van der Waals surface area contributed by atoms with Crippen LogP contribution >= 0.6 is 0 Å². The Morgan fingerprint density at radius 3 is 1.96 bits per heavy atom. The molecule has 0 bridgehead atoms. The van der Waals surface area contributed by atoms with Crippen LogP contribution in [0.3, 0.4) is 0 Å². The Labute approximate surface area is 130 Å². The van der Waals surface area contributed by atoms with E-state index < -0.39 is 54.2 Å². The number of aliphatic hydroxyl groups is 1. The Balaban J connectivity index is 2.89. The van der Waals surface area contributed by atoms with E-state index >= 15 is 0 Å². The monoisotopic (exact) mass is 350 g/mol. The summed E-state index contributed by atoms with van der Waals surface area (Å²) < 4.78 is 81.9. The predicted molar refractivity (Wildman–Crippen MR) is 68.4 cm³/mol. The summed E-state index contributed by atoms with van der Waals surface area (Å²) in [5, 5.41) is 9.35. The van der Waals surface area contributed by atoms with E-state index in [1.807, 2.05) is 0 Å². The maximum absolute atomic E-state index is 12.8. The first-order valence-electron chi connectivity index (χ1n) is 7.23. The molecular formula is C14H20F6O3. The third-order valence-electron chi connectivity index (χ3n) is 4.55. The number of ether oxygens (including phenoxy) is 1. The predicted octanol–water partition coefficient (Wildman–Crippen LogP) is 3.99. The van der Waals surface area contributed by atoms with Crippen LogP contribution in [0.15, 0.2) is 0 Å². The number of carbonyl (C=O) groups excluding carboxylic acids is 1. The molecule has 1 aliphatic rings. The fourth-order valence-corrected chi connectivity index (χ4v) is 2.51. The van der Waals surface area contributed by atoms with Gasteiger partial charge in [-0.25, -0.2) is 0 Å². The zero-order valence-corrected chi connectivity index (χ0v) is 13.0. The topological polar surface area (TPSA) is 46.5 Å². The molecule has 0 aliphatic heterocycles. The van der Waals surface area contributed by atoms with Crippen LogP contribution in [0.2, 0.25) is 0 Å². The first-order chi connectivity index (χ1) is 10.2. The molecule has 0 amide bonds. The molecule has 0 radical (unpaired) electrons. The van der Waals surface area contributed by atoms with Crippen LogP contribution in [-0.4, -0.2) is 35.1 Å². The van der Waals surface area contributed by atoms with Gasteiger partial charge in [0.2, 0.25) is 0 Å². The van der Waals surface area contributed by atoms with Crippen LogP contribution in [0, 0.1) is 11.3 Å². The normalized spacial score (nSPS) is 23.9. The van der Waals surface area contributed by atoms with Crippen molar-refractivity contribution in [2.45, 2.75) is 70.5 Å². The third kappa shape index (κ3) is 3.75. The molecule has 23 heavy (non-hydrogen) atoms. The summed E-state index contributed by atoms with van der Waals surface area (Å²) in [5.41, 5.74) is -5.66. The number of rotatable bonds is 4. The average Bonchev–Trinajstić information content (AvgIpc) is 2.83. The first-order valence-corrected chi connectivity index (χ1v) is 7.23. The summed E-state index contributed by atoms with van der Waals surface area (Å²) in [6, 6.07) is 0. The van der Waals surface area contributed by atoms with Crippen LogP contribution in [0.25, 0.3) is 0 Å². The van der Waals surface area contributed by atoms with E-state index in [1.165, 1.54) is 0 Å². The van der Waals surface area contributed by atoms with Crippen molar-refractivity contribution in [3.05, 3.63) is 0 Å². The summed E-state index contributed by atoms with van der Waals surface area (Å²) in [5.74, 6) is -2.77. The average molecular weight is 350 g/mol. The fraction of sp³-hybridized carbons (Fsp3) is 0.929. The smallest absolute Gasteiger partial charge is 0.426 e. The molecule has 136 valence electrons. The molecule has 0 spiro atoms. The van der Waals surface area contributed by atoms with Crippen LogP contribution < -0.4 is 0 Å². The summed E-state index contributed by atoms with van der Waals surface area (Å²) in [6.45, 7) is 4.86. The first kappa shape index (κ1) is 20.1. The van der Waals surface area contributed by atoms with Crippen molar-refractivity contribution in [1.82, 2.24) is 0 Å². The van der Waals surface area contributed by atoms with Crippen molar-refractivity contribution >= 4 is 5.97 Å². The van der Waals surface area contributed by atoms with E-state index in [-0.39, 0.29) is 6.42 Å². The van der Waals surface area contributed by atoms with Crippen molar-refractivity contribution in [1.29, 1.82) is 0 Å². The van der Waals surface area contributed by atoms with Gasteiger partial charge in [0.15, 0.2) is 0 Å². The molecular weight excluding hydrogens is 330 g/mol. The van der Waals surface area contributed by atoms with Gasteiger partial charge in [0.25, 0.3) is 5.60 Å². The molecule has 1 saturated carbocycles. The molecule has 0 heterocycles. The van der Waals surface area contributed by atoms with E-state index in [9.17, 15) is 36.2 Å². The SMILES string of the molecule is CCC(C)(C)C(=O)OC1CCC(C(O)(C(F)(F)F)C(F)(F)F)C1. The Kier molecular flexibility index (Phi) is 5.36. The molecule has 2 unspecified atom stereocenters. The lowest BCUT2D eigenvalue weighted by atomic mass is 9.84. The van der Waals surface area contributed by atoms with Crippen molar-refractivity contribution in [3.8, 4) is 0 Å². The molecule has 2 atom stereocenters. The van der Waals surface area contributed by atoms with Crippen molar-refractivity contribution < 1.29 is 41.0 Å². The number of alkyl halides is 6. The van der Waals surface area contributed by atoms with Crippen molar-refractivity contribution in [3.63, 3.8) is 0 Å². The summed E-state index contributed by atoms with van der Waals surface area (Å²) in [4.78, 5) is 11.9. The fourth-order valence-electron chi connectivity index (χ4n) is 2.51. The van der Waals surface area contributed by atoms with E-state index in [1.54, 1.807) is 20.8 Å². The second kappa shape index (κ2) is 6.14. The molecule has 1 rings (SSSR count). The lowest BCUT2D eigenvalue weighted by Crippen LogP contribution is -2.61. The zero-order chi connectivity index (χ0) is 18.3. The molecule has 0 saturated heterocycles. The number of hydrogen-bond donors (Lipinski definition) is 1.